The minimum absolute atomic E-state index is 0.0175. The number of likely N-dealkylation sites (tertiary alicyclic amines) is 1. The Balaban J connectivity index is 1.05. The van der Waals surface area contributed by atoms with E-state index in [0.717, 1.165) is 30.7 Å². The Kier molecular flexibility index (Phi) is 8.02. The molecule has 4 atom stereocenters. The van der Waals surface area contributed by atoms with Crippen molar-refractivity contribution in [2.45, 2.75) is 55.9 Å². The van der Waals surface area contributed by atoms with Gasteiger partial charge in [0.25, 0.3) is 0 Å². The van der Waals surface area contributed by atoms with Gasteiger partial charge in [-0.1, -0.05) is 17.7 Å². The van der Waals surface area contributed by atoms with E-state index in [1.807, 2.05) is 15.9 Å². The van der Waals surface area contributed by atoms with Gasteiger partial charge in [0.2, 0.25) is 5.91 Å². The number of anilines is 2. The number of aromatic nitrogens is 2. The van der Waals surface area contributed by atoms with Crippen LogP contribution in [-0.2, 0) is 9.53 Å². The van der Waals surface area contributed by atoms with Crippen LogP contribution in [-0.4, -0.2) is 109 Å². The zero-order chi connectivity index (χ0) is 37.1. The number of nitrogen functional groups attached to an aromatic ring is 1. The molecule has 282 valence electrons. The number of hydrogen-bond donors (Lipinski definition) is 2. The fourth-order valence-electron chi connectivity index (χ4n) is 9.59. The summed E-state index contributed by atoms with van der Waals surface area (Å²) in [5, 5.41) is 14.0. The molecule has 6 fully saturated rings. The van der Waals surface area contributed by atoms with Gasteiger partial charge in [-0.25, -0.2) is 13.2 Å². The van der Waals surface area contributed by atoms with Crippen molar-refractivity contribution in [1.82, 2.24) is 25.1 Å². The molecule has 5 aliphatic heterocycles. The number of ether oxygens (including phenoxy) is 2. The lowest BCUT2D eigenvalue weighted by atomic mass is 9.79. The van der Waals surface area contributed by atoms with E-state index in [9.17, 15) is 14.4 Å². The average Bonchev–Trinajstić information content (AvgIpc) is 4.04. The molecule has 7 heterocycles. The summed E-state index contributed by atoms with van der Waals surface area (Å²) >= 11 is 7.86. The van der Waals surface area contributed by atoms with Crippen molar-refractivity contribution in [1.29, 1.82) is 5.26 Å². The molecule has 1 spiro atoms. The SMILES string of the molecule is N#Cc1c(N)sc2c(F)ccc(-c3c(Cl)cc4c(N5CCOCC6(CN(C(=O)[C@@H]7N[C@H]7C7CC7)C6)C5)nc(OC[C@@]56CCCN5C[C@H](F)C6)nc4c3F)c12. The van der Waals surface area contributed by atoms with Gasteiger partial charge in [-0.3, -0.25) is 15.0 Å². The van der Waals surface area contributed by atoms with Crippen LogP contribution < -0.4 is 20.7 Å². The van der Waals surface area contributed by atoms with Crippen LogP contribution in [0, 0.1) is 34.3 Å². The number of nitriles is 1. The van der Waals surface area contributed by atoms with Crippen molar-refractivity contribution >= 4 is 60.7 Å². The molecule has 0 radical (unpaired) electrons. The summed E-state index contributed by atoms with van der Waals surface area (Å²) in [6.45, 7) is 4.05. The van der Waals surface area contributed by atoms with Crippen LogP contribution in [0.2, 0.25) is 5.02 Å². The lowest BCUT2D eigenvalue weighted by Crippen LogP contribution is -2.64. The molecule has 54 heavy (non-hydrogen) atoms. The third kappa shape index (κ3) is 5.50. The number of benzene rings is 2. The van der Waals surface area contributed by atoms with E-state index >= 15 is 8.78 Å². The number of nitrogens with two attached hydrogens (primary N) is 1. The quantitative estimate of drug-likeness (QED) is 0.239. The molecule has 2 aromatic heterocycles. The topological polar surface area (TPSA) is 143 Å². The third-order valence-electron chi connectivity index (χ3n) is 12.4. The monoisotopic (exact) mass is 778 g/mol. The third-order valence-corrected chi connectivity index (χ3v) is 13.7. The van der Waals surface area contributed by atoms with Gasteiger partial charge < -0.3 is 25.0 Å². The van der Waals surface area contributed by atoms with Gasteiger partial charge in [-0.05, 0) is 55.8 Å². The lowest BCUT2D eigenvalue weighted by molar-refractivity contribution is -0.145. The van der Waals surface area contributed by atoms with Crippen LogP contribution in [0.25, 0.3) is 32.1 Å². The first-order chi connectivity index (χ1) is 26.1. The molecule has 0 unspecified atom stereocenters. The maximum absolute atomic E-state index is 17.3. The van der Waals surface area contributed by atoms with Crippen LogP contribution in [0.1, 0.15) is 37.7 Å². The number of rotatable bonds is 7. The Morgan fingerprint density at radius 1 is 1.22 bits per heavy atom. The molecule has 0 bridgehead atoms. The number of carbonyl (C=O) groups excluding carboxylic acids is 1. The highest BCUT2D eigenvalue weighted by Gasteiger charge is 2.56. The second kappa shape index (κ2) is 12.5. The molecule has 1 amide bonds. The number of carbonyl (C=O) groups is 1. The zero-order valence-corrected chi connectivity index (χ0v) is 30.9. The maximum atomic E-state index is 17.3. The summed E-state index contributed by atoms with van der Waals surface area (Å²) in [6, 6.07) is 6.35. The van der Waals surface area contributed by atoms with E-state index in [1.165, 1.54) is 25.0 Å². The van der Waals surface area contributed by atoms with Crippen LogP contribution in [0.5, 0.6) is 6.01 Å². The van der Waals surface area contributed by atoms with E-state index in [2.05, 4.69) is 15.2 Å². The van der Waals surface area contributed by atoms with Crippen molar-refractivity contribution in [2.24, 2.45) is 11.3 Å². The molecule has 5 saturated heterocycles. The van der Waals surface area contributed by atoms with E-state index in [0.29, 0.717) is 69.5 Å². The van der Waals surface area contributed by atoms with Gasteiger partial charge >= 0.3 is 6.01 Å². The minimum Gasteiger partial charge on any atom is -0.461 e. The van der Waals surface area contributed by atoms with Crippen LogP contribution in [0.3, 0.4) is 0 Å². The molecule has 3 N–H and O–H groups in total. The Bertz CT molecular complexity index is 2280. The van der Waals surface area contributed by atoms with Gasteiger partial charge in [-0.2, -0.15) is 15.2 Å². The highest BCUT2D eigenvalue weighted by Crippen LogP contribution is 2.47. The van der Waals surface area contributed by atoms with Crippen molar-refractivity contribution < 1.29 is 27.4 Å². The van der Waals surface area contributed by atoms with Crippen LogP contribution >= 0.6 is 22.9 Å². The molecule has 6 aliphatic rings. The van der Waals surface area contributed by atoms with E-state index in [4.69, 9.17) is 31.8 Å². The summed E-state index contributed by atoms with van der Waals surface area (Å²) in [7, 11) is 0. The van der Waals surface area contributed by atoms with Crippen molar-refractivity contribution in [2.75, 3.05) is 69.7 Å². The summed E-state index contributed by atoms with van der Waals surface area (Å²) in [4.78, 5) is 28.9. The van der Waals surface area contributed by atoms with E-state index in [-0.39, 0.29) is 78.3 Å². The van der Waals surface area contributed by atoms with Crippen LogP contribution in [0.4, 0.5) is 24.0 Å². The van der Waals surface area contributed by atoms with E-state index < -0.39 is 23.3 Å². The fourth-order valence-corrected chi connectivity index (χ4v) is 10.8. The van der Waals surface area contributed by atoms with Gasteiger partial charge in [0.15, 0.2) is 5.82 Å². The largest absolute Gasteiger partial charge is 0.461 e. The second-order valence-corrected chi connectivity index (χ2v) is 17.5. The van der Waals surface area contributed by atoms with E-state index in [1.54, 1.807) is 6.07 Å². The summed E-state index contributed by atoms with van der Waals surface area (Å²) in [5.74, 6) is -0.247. The Morgan fingerprint density at radius 2 is 2.06 bits per heavy atom. The number of nitrogens with zero attached hydrogens (tertiary/aromatic N) is 6. The normalized spacial score (nSPS) is 27.6. The number of halogens is 4. The fraction of sp³-hybridized carbons (Fsp3) is 0.526. The number of fused-ring (bicyclic) bond motifs is 3. The molecule has 1 saturated carbocycles. The molecular weight excluding hydrogens is 741 g/mol. The first kappa shape index (κ1) is 34.5. The Labute approximate surface area is 318 Å². The Morgan fingerprint density at radius 3 is 2.85 bits per heavy atom. The predicted octanol–water partition coefficient (Wildman–Crippen LogP) is 5.27. The number of hydrogen-bond acceptors (Lipinski definition) is 11. The van der Waals surface area contributed by atoms with Crippen LogP contribution in [0.15, 0.2) is 18.2 Å². The summed E-state index contributed by atoms with van der Waals surface area (Å²) in [5.41, 5.74) is 5.37. The van der Waals surface area contributed by atoms with Gasteiger partial charge in [0.05, 0.1) is 34.0 Å². The van der Waals surface area contributed by atoms with Crippen molar-refractivity contribution in [3.05, 3.63) is 40.4 Å². The second-order valence-electron chi connectivity index (χ2n) is 16.1. The number of alkyl halides is 1. The summed E-state index contributed by atoms with van der Waals surface area (Å²) in [6.07, 6.45) is 3.42. The minimum atomic E-state index is -0.960. The molecule has 16 heteroatoms. The molecule has 2 aromatic carbocycles. The highest BCUT2D eigenvalue weighted by atomic mass is 35.5. The smallest absolute Gasteiger partial charge is 0.319 e. The standard InChI is InChI=1S/C38H38ClF3N8O3S/c39-24-10-22-30(28(42)27(24)21-4-5-25(41)32-26(21)23(12-43)33(44)54-32)46-36(53-18-38-6-1-7-50(38)13-20(40)11-38)47-34(22)48-8-9-52-17-37(14-48)15-49(16-37)35(51)31-29(45-31)19-2-3-19/h4-5,10,19-20,29,31,45H,1-3,6-9,11,13-18,44H2/t20-,29+,31-,38+/m1/s1. The molecule has 10 rings (SSSR count). The predicted molar refractivity (Wildman–Crippen MR) is 198 cm³/mol. The molecule has 4 aromatic rings. The molecule has 11 nitrogen and oxygen atoms in total. The molecular formula is C38H38ClF3N8O3S. The first-order valence-electron chi connectivity index (χ1n) is 18.6. The molecule has 1 aliphatic carbocycles. The Hall–Kier alpha value is -3.94. The number of thiophene rings is 1. The first-order valence-corrected chi connectivity index (χ1v) is 19.8. The van der Waals surface area contributed by atoms with Crippen molar-refractivity contribution in [3.63, 3.8) is 0 Å². The maximum Gasteiger partial charge on any atom is 0.319 e. The lowest BCUT2D eigenvalue weighted by Gasteiger charge is -2.50. The van der Waals surface area contributed by atoms with Gasteiger partial charge in [0.1, 0.15) is 47.0 Å². The zero-order valence-electron chi connectivity index (χ0n) is 29.3. The average molecular weight is 779 g/mol. The van der Waals surface area contributed by atoms with Gasteiger partial charge in [-0.15, -0.1) is 11.3 Å². The number of amides is 1. The highest BCUT2D eigenvalue weighted by molar-refractivity contribution is 7.23. The summed E-state index contributed by atoms with van der Waals surface area (Å²) < 4.78 is 59.5. The van der Waals surface area contributed by atoms with Gasteiger partial charge in [0, 0.05) is 66.9 Å². The number of nitrogens with one attached hydrogen (secondary N) is 1. The van der Waals surface area contributed by atoms with Crippen molar-refractivity contribution in [3.8, 4) is 23.2 Å².